The lowest BCUT2D eigenvalue weighted by Crippen LogP contribution is -2.54. The molecule has 2 aromatic rings. The first-order valence-electron chi connectivity index (χ1n) is 18.3. The molecule has 0 radical (unpaired) electrons. The van der Waals surface area contributed by atoms with E-state index in [4.69, 9.17) is 27.9 Å². The Morgan fingerprint density at radius 1 is 1.02 bits per heavy atom. The molecular formula is C37H50Br2Cl4N6O8. The van der Waals surface area contributed by atoms with E-state index in [1.165, 1.54) is 27.0 Å². The van der Waals surface area contributed by atoms with Crippen molar-refractivity contribution in [1.82, 2.24) is 24.7 Å². The summed E-state index contributed by atoms with van der Waals surface area (Å²) in [6, 6.07) is 2.20. The Morgan fingerprint density at radius 3 is 2.39 bits per heavy atom. The van der Waals surface area contributed by atoms with E-state index in [9.17, 15) is 34.8 Å². The number of nitrogens with one attached hydrogen (secondary N) is 1. The predicted molar refractivity (Wildman–Crippen MR) is 232 cm³/mol. The molecule has 57 heavy (non-hydrogen) atoms. The zero-order valence-electron chi connectivity index (χ0n) is 31.6. The molecule has 14 nitrogen and oxygen atoms in total. The van der Waals surface area contributed by atoms with Crippen LogP contribution in [0.4, 0.5) is 4.79 Å². The Hall–Kier alpha value is -1.83. The average Bonchev–Trinajstić information content (AvgIpc) is 3.10. The third-order valence-corrected chi connectivity index (χ3v) is 12.3. The van der Waals surface area contributed by atoms with Gasteiger partial charge in [0.1, 0.15) is 5.60 Å². The number of aliphatic hydroxyl groups is 4. The average molecular weight is 1010 g/mol. The predicted octanol–water partition coefficient (Wildman–Crippen LogP) is 5.29. The Kier molecular flexibility index (Phi) is 18.8. The molecule has 4 aliphatic rings. The van der Waals surface area contributed by atoms with Crippen LogP contribution >= 0.6 is 79.9 Å². The van der Waals surface area contributed by atoms with Gasteiger partial charge in [-0.05, 0) is 122 Å². The number of carbonyl (C=O) groups excluding carboxylic acids is 2. The number of hydrogen-bond donors (Lipinski definition) is 5. The number of aliphatic imine (C=N–C) groups is 1. The van der Waals surface area contributed by atoms with Gasteiger partial charge in [-0.3, -0.25) is 19.1 Å². The number of halogens is 6. The normalized spacial score (nSPS) is 25.8. The number of ether oxygens (including phenoxy) is 1. The van der Waals surface area contributed by atoms with Crippen LogP contribution in [0.15, 0.2) is 54.4 Å². The van der Waals surface area contributed by atoms with Crippen molar-refractivity contribution in [3.63, 3.8) is 0 Å². The molecule has 1 aromatic carbocycles. The second-order valence-electron chi connectivity index (χ2n) is 15.3. The summed E-state index contributed by atoms with van der Waals surface area (Å²) < 4.78 is 8.22. The molecule has 0 bridgehead atoms. The summed E-state index contributed by atoms with van der Waals surface area (Å²) in [5, 5.41) is 46.0. The largest absolute Gasteiger partial charge is 0.444 e. The number of rotatable bonds is 8. The van der Waals surface area contributed by atoms with E-state index in [2.05, 4.69) is 47.2 Å². The van der Waals surface area contributed by atoms with Gasteiger partial charge in [0, 0.05) is 21.5 Å². The molecule has 3 aliphatic heterocycles. The standard InChI is InChI=1S/C21H29BrClN3O5.C16H19BrClN3O3.2ClH/c1-21(2,3)31-20(30)26-6-4-5-18(28)17(26)7-12(27)10-25-11-24-16-9-14(22)15(23)8-13(16)19(25)29;17-11-6-13-10(5-12(11)18)16(24)21(8-20-13)7-9(22)4-14-15(23)2-1-3-19-14;;/h8-9,11-13,16-18,27-28H,4-7,10H2,1-3H3;5-6,8-9,14-15,19,22-23H,1-4,7H2;2*1H/t12-,13?,16?,17-,18+;9-,14-,15+;;/m11../s1. The maximum atomic E-state index is 12.9. The van der Waals surface area contributed by atoms with Gasteiger partial charge in [-0.25, -0.2) is 9.78 Å². The highest BCUT2D eigenvalue weighted by molar-refractivity contribution is 9.12. The van der Waals surface area contributed by atoms with Gasteiger partial charge in [0.25, 0.3) is 5.56 Å². The third-order valence-electron chi connectivity index (χ3n) is 9.83. The van der Waals surface area contributed by atoms with Crippen LogP contribution in [0.2, 0.25) is 5.02 Å². The van der Waals surface area contributed by atoms with Crippen LogP contribution in [0.5, 0.6) is 0 Å². The highest BCUT2D eigenvalue weighted by Gasteiger charge is 2.39. The molecule has 0 spiro atoms. The summed E-state index contributed by atoms with van der Waals surface area (Å²) in [6.07, 6.45) is 6.20. The number of hydrogen-bond acceptors (Lipinski definition) is 11. The number of carbonyl (C=O) groups is 2. The Balaban J connectivity index is 0.000000303. The fourth-order valence-corrected chi connectivity index (χ4v) is 8.16. The Morgan fingerprint density at radius 2 is 1.70 bits per heavy atom. The number of amides is 2. The molecule has 2 fully saturated rings. The van der Waals surface area contributed by atoms with Crippen molar-refractivity contribution < 1.29 is 34.8 Å². The second kappa shape index (κ2) is 21.6. The number of allylic oxidation sites excluding steroid dienone is 2. The maximum absolute atomic E-state index is 12.9. The van der Waals surface area contributed by atoms with E-state index >= 15 is 0 Å². The lowest BCUT2D eigenvalue weighted by Gasteiger charge is -2.41. The van der Waals surface area contributed by atoms with Crippen molar-refractivity contribution >= 4 is 109 Å². The zero-order chi connectivity index (χ0) is 40.2. The topological polar surface area (TPSA) is 190 Å². The van der Waals surface area contributed by atoms with Crippen LogP contribution in [0, 0.1) is 5.92 Å². The number of β-amino-alcohol motifs (C(OH)–C–C–N with tert-alkyl or cyclic N) is 1. The molecule has 6 rings (SSSR count). The van der Waals surface area contributed by atoms with Crippen LogP contribution in [0.1, 0.15) is 59.3 Å². The fourth-order valence-electron chi connectivity index (χ4n) is 7.07. The van der Waals surface area contributed by atoms with Crippen LogP contribution in [0.3, 0.4) is 0 Å². The number of likely N-dealkylation sites (tertiary alicyclic amines) is 1. The molecule has 5 N–H and O–H groups in total. The first-order chi connectivity index (χ1) is 25.9. The number of piperidine rings is 2. The first kappa shape index (κ1) is 49.5. The minimum atomic E-state index is -0.958. The van der Waals surface area contributed by atoms with Crippen molar-refractivity contribution in [2.24, 2.45) is 10.9 Å². The number of fused-ring (bicyclic) bond motifs is 2. The number of aromatic nitrogens is 2. The van der Waals surface area contributed by atoms with Gasteiger partial charge in [0.2, 0.25) is 5.91 Å². The van der Waals surface area contributed by atoms with Gasteiger partial charge in [-0.2, -0.15) is 0 Å². The van der Waals surface area contributed by atoms with Crippen molar-refractivity contribution in [2.75, 3.05) is 19.6 Å². The van der Waals surface area contributed by atoms with E-state index in [-0.39, 0.29) is 67.9 Å². The molecule has 1 aliphatic carbocycles. The van der Waals surface area contributed by atoms with Crippen LogP contribution in [-0.4, -0.2) is 126 Å². The smallest absolute Gasteiger partial charge is 0.410 e. The van der Waals surface area contributed by atoms with E-state index in [0.29, 0.717) is 55.7 Å². The molecule has 1 aromatic heterocycles. The van der Waals surface area contributed by atoms with Gasteiger partial charge in [-0.1, -0.05) is 23.2 Å². The molecule has 20 heteroatoms. The minimum Gasteiger partial charge on any atom is -0.444 e. The van der Waals surface area contributed by atoms with Gasteiger partial charge >= 0.3 is 6.09 Å². The monoisotopic (exact) mass is 1000 g/mol. The second-order valence-corrected chi connectivity index (χ2v) is 17.8. The summed E-state index contributed by atoms with van der Waals surface area (Å²) in [7, 11) is 0. The number of aliphatic hydroxyl groups excluding tert-OH is 4. The lowest BCUT2D eigenvalue weighted by atomic mass is 9.92. The Bertz CT molecular complexity index is 1880. The lowest BCUT2D eigenvalue weighted by molar-refractivity contribution is -0.132. The molecule has 2 saturated heterocycles. The van der Waals surface area contributed by atoms with E-state index < -0.39 is 48.1 Å². The van der Waals surface area contributed by atoms with Crippen molar-refractivity contribution in [1.29, 1.82) is 0 Å². The van der Waals surface area contributed by atoms with E-state index in [0.717, 1.165) is 19.4 Å². The highest BCUT2D eigenvalue weighted by atomic mass is 79.9. The van der Waals surface area contributed by atoms with Gasteiger partial charge in [-0.15, -0.1) is 24.8 Å². The molecule has 4 heterocycles. The van der Waals surface area contributed by atoms with Crippen LogP contribution < -0.4 is 10.9 Å². The quantitative estimate of drug-likeness (QED) is 0.233. The van der Waals surface area contributed by atoms with Crippen molar-refractivity contribution in [3.05, 3.63) is 60.0 Å². The summed E-state index contributed by atoms with van der Waals surface area (Å²) in [5.41, 5.74) is -0.356. The number of benzene rings is 1. The summed E-state index contributed by atoms with van der Waals surface area (Å²) in [5.74, 6) is -0.730. The first-order valence-corrected chi connectivity index (χ1v) is 20.6. The van der Waals surface area contributed by atoms with Gasteiger partial charge in [0.15, 0.2) is 0 Å². The van der Waals surface area contributed by atoms with E-state index in [1.54, 1.807) is 45.1 Å². The Labute approximate surface area is 370 Å². The maximum Gasteiger partial charge on any atom is 0.410 e. The SMILES string of the molecule is CC(C)(C)OC(=O)N1CCC[C@H](O)[C@H]1C[C@@H](O)CN1C=NC2C=C(Br)C(Cl)=CC2C1=O.Cl.Cl.O=c1c2cc(Cl)c(Br)cc2ncn1C[C@H](O)C[C@H]1NCCC[C@@H]1O. The molecule has 2 unspecified atom stereocenters. The summed E-state index contributed by atoms with van der Waals surface area (Å²) in [4.78, 5) is 49.5. The zero-order valence-corrected chi connectivity index (χ0v) is 38.0. The third kappa shape index (κ3) is 13.1. The minimum absolute atomic E-state index is 0. The molecular weight excluding hydrogens is 958 g/mol. The molecule has 8 atom stereocenters. The van der Waals surface area contributed by atoms with Crippen molar-refractivity contribution in [2.45, 2.75) is 114 Å². The van der Waals surface area contributed by atoms with Crippen LogP contribution in [0.25, 0.3) is 10.9 Å². The summed E-state index contributed by atoms with van der Waals surface area (Å²) in [6.45, 7) is 6.75. The number of nitrogens with zero attached hydrogens (tertiary/aromatic N) is 5. The highest BCUT2D eigenvalue weighted by Crippen LogP contribution is 2.34. The van der Waals surface area contributed by atoms with Gasteiger partial charge < -0.3 is 40.3 Å². The summed E-state index contributed by atoms with van der Waals surface area (Å²) >= 11 is 18.8. The molecule has 318 valence electrons. The van der Waals surface area contributed by atoms with Crippen molar-refractivity contribution in [3.8, 4) is 0 Å². The van der Waals surface area contributed by atoms with Gasteiger partial charge in [0.05, 0.1) is 89.1 Å². The molecule has 0 saturated carbocycles. The van der Waals surface area contributed by atoms with Crippen LogP contribution in [-0.2, 0) is 16.1 Å². The van der Waals surface area contributed by atoms with E-state index in [1.807, 2.05) is 0 Å². The molecule has 2 amide bonds. The fraction of sp³-hybridized carbons (Fsp3) is 0.595.